The normalized spacial score (nSPS) is 11.1. The van der Waals surface area contributed by atoms with E-state index < -0.39 is 0 Å². The zero-order valence-electron chi connectivity index (χ0n) is 16.5. The van der Waals surface area contributed by atoms with Crippen LogP contribution in [0.3, 0.4) is 0 Å². The lowest BCUT2D eigenvalue weighted by Gasteiger charge is -2.12. The van der Waals surface area contributed by atoms with Crippen molar-refractivity contribution in [2.45, 2.75) is 6.92 Å². The predicted octanol–water partition coefficient (Wildman–Crippen LogP) is 3.75. The van der Waals surface area contributed by atoms with Gasteiger partial charge in [-0.25, -0.2) is 5.43 Å². The summed E-state index contributed by atoms with van der Waals surface area (Å²) in [5.41, 5.74) is 6.21. The van der Waals surface area contributed by atoms with Crippen LogP contribution in [0.25, 0.3) is 0 Å². The number of nitrogens with zero attached hydrogens (tertiary/aromatic N) is 2. The average Bonchev–Trinajstić information content (AvgIpc) is 3.27. The summed E-state index contributed by atoms with van der Waals surface area (Å²) in [5.74, 6) is -0.356. The molecule has 2 amide bonds. The van der Waals surface area contributed by atoms with E-state index in [9.17, 15) is 9.59 Å². The van der Waals surface area contributed by atoms with Crippen molar-refractivity contribution in [1.82, 2.24) is 5.43 Å². The lowest BCUT2D eigenvalue weighted by molar-refractivity contribution is 0.0953. The maximum Gasteiger partial charge on any atom is 0.291 e. The summed E-state index contributed by atoms with van der Waals surface area (Å²) in [6.07, 6.45) is 1.45. The second kappa shape index (κ2) is 8.88. The highest BCUT2D eigenvalue weighted by Gasteiger charge is 2.09. The maximum atomic E-state index is 12.3. The number of anilines is 2. The van der Waals surface area contributed by atoms with Gasteiger partial charge in [-0.1, -0.05) is 12.1 Å². The Kier molecular flexibility index (Phi) is 6.09. The molecule has 0 aliphatic heterocycles. The predicted molar refractivity (Wildman–Crippen MR) is 114 cm³/mol. The standard InChI is InChI=1S/C22H22N4O3/c1-15(24-25-21(27)17-8-12-19(13-9-17)26(2)3)16-6-10-18(11-7-16)23-22(28)20-5-4-14-29-20/h4-14H,1-3H3,(H,23,28)(H,25,27). The van der Waals surface area contributed by atoms with E-state index in [0.717, 1.165) is 11.3 Å². The third-order valence-corrected chi connectivity index (χ3v) is 4.28. The Hall–Kier alpha value is -3.87. The number of furan rings is 1. The summed E-state index contributed by atoms with van der Waals surface area (Å²) in [7, 11) is 3.88. The molecule has 0 unspecified atom stereocenters. The van der Waals surface area contributed by atoms with Crippen molar-refractivity contribution in [1.29, 1.82) is 0 Å². The molecule has 2 N–H and O–H groups in total. The summed E-state index contributed by atoms with van der Waals surface area (Å²) in [6.45, 7) is 1.80. The van der Waals surface area contributed by atoms with Gasteiger partial charge in [0.25, 0.3) is 11.8 Å². The number of benzene rings is 2. The fourth-order valence-electron chi connectivity index (χ4n) is 2.57. The first-order chi connectivity index (χ1) is 13.9. The van der Waals surface area contributed by atoms with Gasteiger partial charge in [0, 0.05) is 31.0 Å². The summed E-state index contributed by atoms with van der Waals surface area (Å²) in [6, 6.07) is 17.7. The molecule has 0 aliphatic carbocycles. The quantitative estimate of drug-likeness (QED) is 0.496. The smallest absolute Gasteiger partial charge is 0.291 e. The SMILES string of the molecule is CC(=NNC(=O)c1ccc(N(C)C)cc1)c1ccc(NC(=O)c2ccco2)cc1. The number of carbonyl (C=O) groups excluding carboxylic acids is 2. The monoisotopic (exact) mass is 390 g/mol. The summed E-state index contributed by atoms with van der Waals surface area (Å²) >= 11 is 0. The summed E-state index contributed by atoms with van der Waals surface area (Å²) in [4.78, 5) is 26.2. The Bertz CT molecular complexity index is 1010. The van der Waals surface area contributed by atoms with Gasteiger partial charge >= 0.3 is 0 Å². The molecule has 0 saturated carbocycles. The number of hydrogen-bond acceptors (Lipinski definition) is 5. The number of hydrazone groups is 1. The van der Waals surface area contributed by atoms with Crippen molar-refractivity contribution in [2.75, 3.05) is 24.3 Å². The van der Waals surface area contributed by atoms with Crippen LogP contribution in [-0.2, 0) is 0 Å². The highest BCUT2D eigenvalue weighted by atomic mass is 16.3. The second-order valence-electron chi connectivity index (χ2n) is 6.59. The van der Waals surface area contributed by atoms with Crippen LogP contribution in [-0.4, -0.2) is 31.6 Å². The molecule has 3 aromatic rings. The van der Waals surface area contributed by atoms with Gasteiger partial charge in [0.15, 0.2) is 5.76 Å². The molecule has 148 valence electrons. The van der Waals surface area contributed by atoms with Gasteiger partial charge < -0.3 is 14.6 Å². The topological polar surface area (TPSA) is 86.9 Å². The first kappa shape index (κ1) is 19.9. The molecule has 0 fully saturated rings. The Morgan fingerprint density at radius 2 is 1.55 bits per heavy atom. The van der Waals surface area contributed by atoms with Crippen LogP contribution in [0.5, 0.6) is 0 Å². The van der Waals surface area contributed by atoms with Gasteiger partial charge in [-0.3, -0.25) is 9.59 Å². The Morgan fingerprint density at radius 1 is 0.897 bits per heavy atom. The molecule has 3 rings (SSSR count). The number of rotatable bonds is 6. The Balaban J connectivity index is 1.60. The van der Waals surface area contributed by atoms with E-state index in [-0.39, 0.29) is 17.6 Å². The fraction of sp³-hybridized carbons (Fsp3) is 0.136. The van der Waals surface area contributed by atoms with E-state index in [0.29, 0.717) is 17.0 Å². The molecule has 7 heteroatoms. The van der Waals surface area contributed by atoms with E-state index in [1.807, 2.05) is 43.3 Å². The van der Waals surface area contributed by atoms with Crippen LogP contribution in [0.4, 0.5) is 11.4 Å². The van der Waals surface area contributed by atoms with E-state index in [2.05, 4.69) is 15.8 Å². The minimum atomic E-state index is -0.319. The van der Waals surface area contributed by atoms with E-state index in [1.54, 1.807) is 43.3 Å². The highest BCUT2D eigenvalue weighted by molar-refractivity contribution is 6.03. The Labute approximate surface area is 169 Å². The largest absolute Gasteiger partial charge is 0.459 e. The molecule has 0 saturated heterocycles. The molecule has 0 radical (unpaired) electrons. The molecule has 7 nitrogen and oxygen atoms in total. The van der Waals surface area contributed by atoms with Crippen molar-refractivity contribution in [3.63, 3.8) is 0 Å². The minimum absolute atomic E-state index is 0.244. The van der Waals surface area contributed by atoms with Gasteiger partial charge in [0.2, 0.25) is 0 Å². The maximum absolute atomic E-state index is 12.3. The van der Waals surface area contributed by atoms with E-state index in [4.69, 9.17) is 4.42 Å². The third kappa shape index (κ3) is 5.10. The van der Waals surface area contributed by atoms with Crippen LogP contribution in [0, 0.1) is 0 Å². The van der Waals surface area contributed by atoms with Gasteiger partial charge in [0.1, 0.15) is 0 Å². The van der Waals surface area contributed by atoms with Crippen molar-refractivity contribution >= 4 is 28.9 Å². The minimum Gasteiger partial charge on any atom is -0.459 e. The molecule has 29 heavy (non-hydrogen) atoms. The second-order valence-corrected chi connectivity index (χ2v) is 6.59. The van der Waals surface area contributed by atoms with Crippen LogP contribution in [0.2, 0.25) is 0 Å². The third-order valence-electron chi connectivity index (χ3n) is 4.28. The molecule has 0 spiro atoms. The zero-order chi connectivity index (χ0) is 20.8. The van der Waals surface area contributed by atoms with Crippen LogP contribution >= 0.6 is 0 Å². The molecule has 0 aliphatic rings. The number of amides is 2. The lowest BCUT2D eigenvalue weighted by atomic mass is 10.1. The zero-order valence-corrected chi connectivity index (χ0v) is 16.5. The Morgan fingerprint density at radius 3 is 2.14 bits per heavy atom. The van der Waals surface area contributed by atoms with Gasteiger partial charge in [-0.05, 0) is 61.0 Å². The molecular formula is C22H22N4O3. The lowest BCUT2D eigenvalue weighted by Crippen LogP contribution is -2.19. The molecule has 0 atom stereocenters. The molecule has 1 heterocycles. The summed E-state index contributed by atoms with van der Waals surface area (Å²) in [5, 5.41) is 6.91. The molecule has 0 bridgehead atoms. The van der Waals surface area contributed by atoms with Crippen molar-refractivity contribution in [3.8, 4) is 0 Å². The van der Waals surface area contributed by atoms with Crippen molar-refractivity contribution in [3.05, 3.63) is 83.8 Å². The van der Waals surface area contributed by atoms with E-state index >= 15 is 0 Å². The van der Waals surface area contributed by atoms with Crippen LogP contribution < -0.4 is 15.6 Å². The number of nitrogens with one attached hydrogen (secondary N) is 2. The van der Waals surface area contributed by atoms with Crippen molar-refractivity contribution < 1.29 is 14.0 Å². The van der Waals surface area contributed by atoms with Gasteiger partial charge in [0.05, 0.1) is 12.0 Å². The first-order valence-electron chi connectivity index (χ1n) is 9.01. The molecular weight excluding hydrogens is 368 g/mol. The van der Waals surface area contributed by atoms with Gasteiger partial charge in [-0.15, -0.1) is 0 Å². The molecule has 1 aromatic heterocycles. The first-order valence-corrected chi connectivity index (χ1v) is 9.01. The molecule has 2 aromatic carbocycles. The number of carbonyl (C=O) groups is 2. The average molecular weight is 390 g/mol. The fourth-order valence-corrected chi connectivity index (χ4v) is 2.57. The van der Waals surface area contributed by atoms with Crippen LogP contribution in [0.1, 0.15) is 33.4 Å². The van der Waals surface area contributed by atoms with Crippen LogP contribution in [0.15, 0.2) is 76.4 Å². The highest BCUT2D eigenvalue weighted by Crippen LogP contribution is 2.14. The van der Waals surface area contributed by atoms with Crippen molar-refractivity contribution in [2.24, 2.45) is 5.10 Å². The number of hydrogen-bond donors (Lipinski definition) is 2. The van der Waals surface area contributed by atoms with Gasteiger partial charge in [-0.2, -0.15) is 5.10 Å². The van der Waals surface area contributed by atoms with E-state index in [1.165, 1.54) is 6.26 Å². The summed E-state index contributed by atoms with van der Waals surface area (Å²) < 4.78 is 5.06.